The second-order valence-electron chi connectivity index (χ2n) is 13.5. The molecule has 3 fully saturated rings. The lowest BCUT2D eigenvalue weighted by Gasteiger charge is -2.58. The van der Waals surface area contributed by atoms with Gasteiger partial charge in [-0.2, -0.15) is 0 Å². The van der Waals surface area contributed by atoms with Gasteiger partial charge in [0.05, 0.1) is 0 Å². The van der Waals surface area contributed by atoms with E-state index in [1.54, 1.807) is 12.5 Å². The third-order valence-corrected chi connectivity index (χ3v) is 10.6. The molecule has 8 unspecified atom stereocenters. The van der Waals surface area contributed by atoms with Gasteiger partial charge in [0.1, 0.15) is 6.10 Å². The summed E-state index contributed by atoms with van der Waals surface area (Å²) >= 11 is 0. The van der Waals surface area contributed by atoms with Gasteiger partial charge < -0.3 is 4.74 Å². The average molecular weight is 503 g/mol. The van der Waals surface area contributed by atoms with E-state index in [2.05, 4.69) is 54.5 Å². The highest BCUT2D eigenvalue weighted by atomic mass is 16.5. The lowest BCUT2D eigenvalue weighted by molar-refractivity contribution is -0.148. The smallest absolute Gasteiger partial charge is 0.302 e. The Morgan fingerprint density at radius 3 is 2.28 bits per heavy atom. The Morgan fingerprint density at radius 2 is 1.67 bits per heavy atom. The summed E-state index contributed by atoms with van der Waals surface area (Å²) in [6.45, 7) is 22.4. The van der Waals surface area contributed by atoms with Crippen molar-refractivity contribution >= 4 is 5.97 Å². The summed E-state index contributed by atoms with van der Waals surface area (Å²) in [5.41, 5.74) is 2.53. The van der Waals surface area contributed by atoms with Gasteiger partial charge in [-0.15, -0.1) is 0 Å². The molecule has 4 aliphatic rings. The van der Waals surface area contributed by atoms with Crippen molar-refractivity contribution in [3.63, 3.8) is 0 Å². The summed E-state index contributed by atoms with van der Waals surface area (Å²) in [5.74, 6) is 5.19. The second kappa shape index (κ2) is 13.8. The fourth-order valence-corrected chi connectivity index (χ4v) is 8.99. The van der Waals surface area contributed by atoms with Gasteiger partial charge in [0.25, 0.3) is 0 Å². The van der Waals surface area contributed by atoms with E-state index in [9.17, 15) is 4.79 Å². The first-order valence-electron chi connectivity index (χ1n) is 15.9. The number of fused-ring (bicyclic) bond motifs is 5. The molecule has 4 rings (SSSR count). The van der Waals surface area contributed by atoms with E-state index >= 15 is 0 Å². The van der Waals surface area contributed by atoms with Crippen molar-refractivity contribution in [3.05, 3.63) is 11.6 Å². The number of carbonyl (C=O) groups is 1. The minimum absolute atomic E-state index is 0.115. The van der Waals surface area contributed by atoms with Crippen molar-refractivity contribution in [1.82, 2.24) is 0 Å². The Labute approximate surface area is 225 Å². The molecule has 0 aromatic heterocycles. The quantitative estimate of drug-likeness (QED) is 0.267. The summed E-state index contributed by atoms with van der Waals surface area (Å²) < 4.78 is 5.61. The summed E-state index contributed by atoms with van der Waals surface area (Å²) in [7, 11) is 0. The van der Waals surface area contributed by atoms with Gasteiger partial charge >= 0.3 is 5.97 Å². The van der Waals surface area contributed by atoms with Gasteiger partial charge in [-0.1, -0.05) is 99.6 Å². The molecule has 0 spiro atoms. The van der Waals surface area contributed by atoms with E-state index in [-0.39, 0.29) is 12.1 Å². The van der Waals surface area contributed by atoms with Crippen LogP contribution in [0.2, 0.25) is 0 Å². The van der Waals surface area contributed by atoms with E-state index in [0.29, 0.717) is 10.8 Å². The highest BCUT2D eigenvalue weighted by Gasteiger charge is 2.59. The summed E-state index contributed by atoms with van der Waals surface area (Å²) in [6.07, 6.45) is 18.5. The highest BCUT2D eigenvalue weighted by molar-refractivity contribution is 5.66. The fourth-order valence-electron chi connectivity index (χ4n) is 8.99. The van der Waals surface area contributed by atoms with E-state index in [1.807, 2.05) is 13.8 Å². The van der Waals surface area contributed by atoms with Crippen molar-refractivity contribution in [2.45, 2.75) is 152 Å². The zero-order valence-corrected chi connectivity index (χ0v) is 25.9. The Hall–Kier alpha value is -0.790. The number of hydrogen-bond acceptors (Lipinski definition) is 2. The van der Waals surface area contributed by atoms with Gasteiger partial charge in [-0.25, -0.2) is 0 Å². The third kappa shape index (κ3) is 6.79. The van der Waals surface area contributed by atoms with Crippen LogP contribution in [0.4, 0.5) is 0 Å². The molecule has 3 saturated carbocycles. The first-order chi connectivity index (χ1) is 17.1. The number of hydrogen-bond donors (Lipinski definition) is 0. The van der Waals surface area contributed by atoms with Crippen LogP contribution in [-0.2, 0) is 9.53 Å². The lowest BCUT2D eigenvalue weighted by atomic mass is 9.47. The number of carbonyl (C=O) groups excluding carboxylic acids is 1. The molecular formula is C34H62O2. The first-order valence-corrected chi connectivity index (χ1v) is 15.9. The van der Waals surface area contributed by atoms with Crippen LogP contribution in [-0.4, -0.2) is 12.1 Å². The molecule has 2 heteroatoms. The van der Waals surface area contributed by atoms with Gasteiger partial charge in [-0.3, -0.25) is 4.79 Å². The Bertz CT molecular complexity index is 708. The molecule has 36 heavy (non-hydrogen) atoms. The SMILES string of the molecule is CC.CC(=O)OC1CCC2(C)C(=CCC3C2CCC2(C)C(C(C)CCCC(C)C)CCC32)C1.CCC. The largest absolute Gasteiger partial charge is 0.462 e. The van der Waals surface area contributed by atoms with Crippen molar-refractivity contribution in [2.24, 2.45) is 46.3 Å². The zero-order chi connectivity index (χ0) is 27.1. The Balaban J connectivity index is 0.000000850. The summed E-state index contributed by atoms with van der Waals surface area (Å²) in [6, 6.07) is 0. The van der Waals surface area contributed by atoms with Gasteiger partial charge in [-0.05, 0) is 91.3 Å². The van der Waals surface area contributed by atoms with Crippen LogP contribution >= 0.6 is 0 Å². The molecule has 0 heterocycles. The van der Waals surface area contributed by atoms with E-state index in [4.69, 9.17) is 4.74 Å². The van der Waals surface area contributed by atoms with Crippen molar-refractivity contribution < 1.29 is 9.53 Å². The van der Waals surface area contributed by atoms with Crippen molar-refractivity contribution in [1.29, 1.82) is 0 Å². The third-order valence-electron chi connectivity index (χ3n) is 10.6. The van der Waals surface area contributed by atoms with Crippen LogP contribution in [0, 0.1) is 46.3 Å². The molecular weight excluding hydrogens is 440 g/mol. The minimum Gasteiger partial charge on any atom is -0.462 e. The van der Waals surface area contributed by atoms with Gasteiger partial charge in [0.2, 0.25) is 0 Å². The number of esters is 1. The normalized spacial score (nSPS) is 37.6. The van der Waals surface area contributed by atoms with Crippen LogP contribution in [0.15, 0.2) is 11.6 Å². The Kier molecular flexibility index (Phi) is 12.1. The van der Waals surface area contributed by atoms with Crippen LogP contribution in [0.3, 0.4) is 0 Å². The summed E-state index contributed by atoms with van der Waals surface area (Å²) in [5, 5.41) is 0. The van der Waals surface area contributed by atoms with E-state index in [1.165, 1.54) is 64.2 Å². The lowest BCUT2D eigenvalue weighted by Crippen LogP contribution is -2.51. The zero-order valence-electron chi connectivity index (χ0n) is 25.9. The fraction of sp³-hybridized carbons (Fsp3) is 0.912. The van der Waals surface area contributed by atoms with E-state index < -0.39 is 0 Å². The molecule has 8 atom stereocenters. The molecule has 0 N–H and O–H groups in total. The molecule has 2 nitrogen and oxygen atoms in total. The maximum Gasteiger partial charge on any atom is 0.302 e. The predicted octanol–water partition coefficient (Wildman–Crippen LogP) is 10.4. The minimum atomic E-state index is -0.115. The van der Waals surface area contributed by atoms with Crippen molar-refractivity contribution in [2.75, 3.05) is 0 Å². The second-order valence-corrected chi connectivity index (χ2v) is 13.5. The molecule has 0 aromatic rings. The first kappa shape index (κ1) is 31.4. The molecule has 0 aliphatic heterocycles. The van der Waals surface area contributed by atoms with Crippen LogP contribution in [0.25, 0.3) is 0 Å². The molecule has 0 amide bonds. The van der Waals surface area contributed by atoms with E-state index in [0.717, 1.165) is 48.3 Å². The maximum absolute atomic E-state index is 11.5. The molecule has 210 valence electrons. The molecule has 0 saturated heterocycles. The molecule has 0 radical (unpaired) electrons. The molecule has 0 aromatic carbocycles. The monoisotopic (exact) mass is 502 g/mol. The van der Waals surface area contributed by atoms with Crippen LogP contribution < -0.4 is 0 Å². The average Bonchev–Trinajstić information content (AvgIpc) is 3.18. The van der Waals surface area contributed by atoms with Crippen LogP contribution in [0.1, 0.15) is 146 Å². The predicted molar refractivity (Wildman–Crippen MR) is 156 cm³/mol. The Morgan fingerprint density at radius 1 is 1.00 bits per heavy atom. The number of ether oxygens (including phenoxy) is 1. The highest BCUT2D eigenvalue weighted by Crippen LogP contribution is 2.67. The van der Waals surface area contributed by atoms with Crippen LogP contribution in [0.5, 0.6) is 0 Å². The number of allylic oxidation sites excluding steroid dienone is 1. The molecule has 4 aliphatic carbocycles. The van der Waals surface area contributed by atoms with Gasteiger partial charge in [0, 0.05) is 13.3 Å². The maximum atomic E-state index is 11.5. The van der Waals surface area contributed by atoms with Crippen molar-refractivity contribution in [3.8, 4) is 0 Å². The topological polar surface area (TPSA) is 26.3 Å². The molecule has 0 bridgehead atoms. The summed E-state index contributed by atoms with van der Waals surface area (Å²) in [4.78, 5) is 11.5. The number of rotatable bonds is 6. The standard InChI is InChI=1S/C29H48O2.C3H8.C2H6/c1-19(2)8-7-9-20(3)25-12-13-26-24-11-10-22-18-23(31-21(4)30)14-16-28(22,5)27(24)15-17-29(25,26)6;1-3-2;1-2/h10,19-20,23-27H,7-9,11-18H2,1-6H3;3H2,1-2H3;1-2H3. The van der Waals surface area contributed by atoms with Gasteiger partial charge in [0.15, 0.2) is 0 Å².